The number of benzene rings is 2. The van der Waals surface area contributed by atoms with E-state index in [1.54, 1.807) is 19.2 Å². The van der Waals surface area contributed by atoms with Crippen LogP contribution in [0.3, 0.4) is 0 Å². The number of carbonyl (C=O) groups excluding carboxylic acids is 1. The van der Waals surface area contributed by atoms with E-state index < -0.39 is 10.8 Å². The number of rotatable bonds is 5. The van der Waals surface area contributed by atoms with E-state index in [0.717, 1.165) is 5.56 Å². The van der Waals surface area contributed by atoms with Crippen molar-refractivity contribution in [3.63, 3.8) is 0 Å². The number of hydrazone groups is 1. The second-order valence-electron chi connectivity index (χ2n) is 4.70. The van der Waals surface area contributed by atoms with Gasteiger partial charge in [0, 0.05) is 29.8 Å². The van der Waals surface area contributed by atoms with Crippen LogP contribution in [0.25, 0.3) is 0 Å². The molecule has 6 heteroatoms. The highest BCUT2D eigenvalue weighted by atomic mass is 16.6. The first-order chi connectivity index (χ1) is 10.6. The molecule has 0 aliphatic rings. The van der Waals surface area contributed by atoms with Gasteiger partial charge < -0.3 is 0 Å². The van der Waals surface area contributed by atoms with Crippen molar-refractivity contribution in [2.24, 2.45) is 5.10 Å². The van der Waals surface area contributed by atoms with E-state index in [0.29, 0.717) is 12.0 Å². The summed E-state index contributed by atoms with van der Waals surface area (Å²) in [5.41, 5.74) is 4.07. The van der Waals surface area contributed by atoms with Crippen LogP contribution in [0.5, 0.6) is 0 Å². The van der Waals surface area contributed by atoms with Gasteiger partial charge in [-0.05, 0) is 18.6 Å². The average Bonchev–Trinajstić information content (AvgIpc) is 2.52. The molecule has 0 aromatic heterocycles. The predicted octanol–water partition coefficient (Wildman–Crippen LogP) is 2.86. The maximum atomic E-state index is 11.9. The van der Waals surface area contributed by atoms with Gasteiger partial charge in [0.2, 0.25) is 0 Å². The smallest absolute Gasteiger partial charge is 0.267 e. The number of nitrogens with one attached hydrogen (secondary N) is 1. The van der Waals surface area contributed by atoms with Gasteiger partial charge in [0.05, 0.1) is 4.92 Å². The summed E-state index contributed by atoms with van der Waals surface area (Å²) in [6.45, 7) is 1.62. The molecule has 2 rings (SSSR count). The Morgan fingerprint density at radius 3 is 2.68 bits per heavy atom. The lowest BCUT2D eigenvalue weighted by Crippen LogP contribution is -2.18. The van der Waals surface area contributed by atoms with Crippen molar-refractivity contribution in [3.8, 4) is 0 Å². The number of nitrogens with zero attached hydrogens (tertiary/aromatic N) is 2. The van der Waals surface area contributed by atoms with E-state index in [9.17, 15) is 14.9 Å². The van der Waals surface area contributed by atoms with Crippen LogP contribution in [0, 0.1) is 17.0 Å². The molecule has 112 valence electrons. The van der Waals surface area contributed by atoms with Gasteiger partial charge in [0.25, 0.3) is 11.6 Å². The molecule has 0 aliphatic heterocycles. The molecule has 0 atom stereocenters. The molecule has 1 N–H and O–H groups in total. The quantitative estimate of drug-likeness (QED) is 0.523. The van der Waals surface area contributed by atoms with Gasteiger partial charge in [-0.25, -0.2) is 5.43 Å². The summed E-state index contributed by atoms with van der Waals surface area (Å²) in [7, 11) is 0. The van der Waals surface area contributed by atoms with Crippen LogP contribution in [0.1, 0.15) is 21.5 Å². The van der Waals surface area contributed by atoms with Gasteiger partial charge >= 0.3 is 0 Å². The molecule has 22 heavy (non-hydrogen) atoms. The number of carbonyl (C=O) groups is 1. The zero-order valence-corrected chi connectivity index (χ0v) is 12.0. The Morgan fingerprint density at radius 1 is 1.27 bits per heavy atom. The molecule has 2 aromatic rings. The maximum absolute atomic E-state index is 11.9. The highest BCUT2D eigenvalue weighted by Crippen LogP contribution is 2.19. The van der Waals surface area contributed by atoms with Crippen molar-refractivity contribution in [3.05, 3.63) is 75.3 Å². The van der Waals surface area contributed by atoms with Crippen LogP contribution in [-0.2, 0) is 6.42 Å². The standard InChI is InChI=1S/C16H15N3O3/c1-12-7-8-14(11-15(12)19(21)22)16(20)18-17-10-9-13-5-3-2-4-6-13/h2-8,10-11H,9H2,1H3,(H,18,20)/b17-10+. The summed E-state index contributed by atoms with van der Waals surface area (Å²) < 4.78 is 0. The zero-order chi connectivity index (χ0) is 15.9. The third kappa shape index (κ3) is 3.99. The number of hydrogen-bond donors (Lipinski definition) is 1. The largest absolute Gasteiger partial charge is 0.273 e. The normalized spacial score (nSPS) is 10.6. The Hall–Kier alpha value is -3.02. The van der Waals surface area contributed by atoms with Gasteiger partial charge in [-0.15, -0.1) is 0 Å². The Balaban J connectivity index is 1.98. The lowest BCUT2D eigenvalue weighted by atomic mass is 10.1. The van der Waals surface area contributed by atoms with Gasteiger partial charge in [-0.2, -0.15) is 5.10 Å². The Kier molecular flexibility index (Phi) is 4.98. The van der Waals surface area contributed by atoms with Gasteiger partial charge in [0.1, 0.15) is 0 Å². The van der Waals surface area contributed by atoms with Crippen LogP contribution in [-0.4, -0.2) is 17.0 Å². The monoisotopic (exact) mass is 297 g/mol. The van der Waals surface area contributed by atoms with Crippen molar-refractivity contribution in [2.45, 2.75) is 13.3 Å². The topological polar surface area (TPSA) is 84.6 Å². The third-order valence-electron chi connectivity index (χ3n) is 3.10. The minimum absolute atomic E-state index is 0.0825. The van der Waals surface area contributed by atoms with Crippen LogP contribution >= 0.6 is 0 Å². The van der Waals surface area contributed by atoms with E-state index in [1.165, 1.54) is 12.1 Å². The SMILES string of the molecule is Cc1ccc(C(=O)N/N=C/Cc2ccccc2)cc1[N+](=O)[O-]. The lowest BCUT2D eigenvalue weighted by Gasteiger charge is -2.02. The van der Waals surface area contributed by atoms with E-state index in [-0.39, 0.29) is 11.3 Å². The molecular formula is C16H15N3O3. The number of nitro benzene ring substituents is 1. The third-order valence-corrected chi connectivity index (χ3v) is 3.10. The van der Waals surface area contributed by atoms with Crippen molar-refractivity contribution in [2.75, 3.05) is 0 Å². The summed E-state index contributed by atoms with van der Waals surface area (Å²) in [4.78, 5) is 22.2. The number of nitro groups is 1. The minimum atomic E-state index is -0.509. The van der Waals surface area contributed by atoms with Gasteiger partial charge in [-0.3, -0.25) is 14.9 Å². The van der Waals surface area contributed by atoms with Crippen molar-refractivity contribution >= 4 is 17.8 Å². The second-order valence-corrected chi connectivity index (χ2v) is 4.70. The Morgan fingerprint density at radius 2 is 2.00 bits per heavy atom. The Bertz CT molecular complexity index is 712. The molecule has 0 heterocycles. The Labute approximate surface area is 127 Å². The molecule has 1 amide bonds. The molecule has 0 aliphatic carbocycles. The first-order valence-electron chi connectivity index (χ1n) is 6.69. The van der Waals surface area contributed by atoms with Crippen molar-refractivity contribution < 1.29 is 9.72 Å². The number of amides is 1. The summed E-state index contributed by atoms with van der Waals surface area (Å²) >= 11 is 0. The minimum Gasteiger partial charge on any atom is -0.267 e. The maximum Gasteiger partial charge on any atom is 0.273 e. The predicted molar refractivity (Wildman–Crippen MR) is 83.9 cm³/mol. The van der Waals surface area contributed by atoms with E-state index >= 15 is 0 Å². The van der Waals surface area contributed by atoms with E-state index in [4.69, 9.17) is 0 Å². The first kappa shape index (κ1) is 15.4. The van der Waals surface area contributed by atoms with Crippen LogP contribution in [0.15, 0.2) is 53.6 Å². The summed E-state index contributed by atoms with van der Waals surface area (Å²) in [6, 6.07) is 14.0. The number of aryl methyl sites for hydroxylation is 1. The molecule has 0 fully saturated rings. The van der Waals surface area contributed by atoms with Crippen LogP contribution in [0.4, 0.5) is 5.69 Å². The molecule has 0 saturated heterocycles. The fraction of sp³-hybridized carbons (Fsp3) is 0.125. The molecule has 0 saturated carbocycles. The summed E-state index contributed by atoms with van der Waals surface area (Å²) in [5, 5.41) is 14.7. The molecular weight excluding hydrogens is 282 g/mol. The highest BCUT2D eigenvalue weighted by Gasteiger charge is 2.14. The van der Waals surface area contributed by atoms with E-state index in [2.05, 4.69) is 10.5 Å². The second kappa shape index (κ2) is 7.12. The molecule has 0 unspecified atom stereocenters. The highest BCUT2D eigenvalue weighted by molar-refractivity contribution is 5.95. The molecule has 2 aromatic carbocycles. The summed E-state index contributed by atoms with van der Waals surface area (Å²) in [5.74, 6) is -0.479. The number of hydrogen-bond acceptors (Lipinski definition) is 4. The first-order valence-corrected chi connectivity index (χ1v) is 6.69. The molecule has 0 spiro atoms. The van der Waals surface area contributed by atoms with Crippen LogP contribution in [0.2, 0.25) is 0 Å². The summed E-state index contributed by atoms with van der Waals surface area (Å²) in [6.07, 6.45) is 2.17. The van der Waals surface area contributed by atoms with Crippen molar-refractivity contribution in [1.29, 1.82) is 0 Å². The van der Waals surface area contributed by atoms with Crippen molar-refractivity contribution in [1.82, 2.24) is 5.43 Å². The van der Waals surface area contributed by atoms with Gasteiger partial charge in [-0.1, -0.05) is 36.4 Å². The van der Waals surface area contributed by atoms with E-state index in [1.807, 2.05) is 30.3 Å². The molecule has 6 nitrogen and oxygen atoms in total. The van der Waals surface area contributed by atoms with Crippen LogP contribution < -0.4 is 5.43 Å². The molecule has 0 radical (unpaired) electrons. The molecule has 0 bridgehead atoms. The average molecular weight is 297 g/mol. The zero-order valence-electron chi connectivity index (χ0n) is 12.0. The fourth-order valence-electron chi connectivity index (χ4n) is 1.88. The lowest BCUT2D eigenvalue weighted by molar-refractivity contribution is -0.385. The van der Waals surface area contributed by atoms with Gasteiger partial charge in [0.15, 0.2) is 0 Å². The fourth-order valence-corrected chi connectivity index (χ4v) is 1.88.